The van der Waals surface area contributed by atoms with Crippen molar-refractivity contribution in [3.63, 3.8) is 0 Å². The first-order valence-corrected chi connectivity index (χ1v) is 6.42. The number of benzene rings is 2. The molecule has 0 atom stereocenters. The lowest BCUT2D eigenvalue weighted by molar-refractivity contribution is 0.388. The molecular weight excluding hydrogens is 236 g/mol. The minimum Gasteiger partial charge on any atom is -0.361 e. The van der Waals surface area contributed by atoms with Gasteiger partial charge >= 0.3 is 0 Å². The van der Waals surface area contributed by atoms with Gasteiger partial charge in [-0.1, -0.05) is 41.6 Å². The summed E-state index contributed by atoms with van der Waals surface area (Å²) in [5.74, 6) is 0.850. The summed E-state index contributed by atoms with van der Waals surface area (Å²) in [6, 6.07) is 16.9. The lowest BCUT2D eigenvalue weighted by Crippen LogP contribution is -2.12. The highest BCUT2D eigenvalue weighted by Crippen LogP contribution is 2.15. The lowest BCUT2D eigenvalue weighted by Gasteiger charge is -2.04. The SMILES string of the molecule is Cc1cc(CNCc2ccc3ccccc3c2)no1. The molecule has 96 valence electrons. The third-order valence-corrected chi connectivity index (χ3v) is 3.13. The van der Waals surface area contributed by atoms with Crippen LogP contribution in [0.2, 0.25) is 0 Å². The Morgan fingerprint density at radius 2 is 1.84 bits per heavy atom. The zero-order valence-electron chi connectivity index (χ0n) is 10.9. The molecule has 19 heavy (non-hydrogen) atoms. The van der Waals surface area contributed by atoms with E-state index >= 15 is 0 Å². The molecule has 3 aromatic rings. The van der Waals surface area contributed by atoms with Gasteiger partial charge in [0.2, 0.25) is 0 Å². The standard InChI is InChI=1S/C16H16N2O/c1-12-8-16(18-19-12)11-17-10-13-6-7-14-4-2-3-5-15(14)9-13/h2-9,17H,10-11H2,1H3. The van der Waals surface area contributed by atoms with Gasteiger partial charge in [0.1, 0.15) is 5.76 Å². The number of nitrogens with zero attached hydrogens (tertiary/aromatic N) is 1. The molecule has 2 aromatic carbocycles. The molecule has 0 radical (unpaired) electrons. The van der Waals surface area contributed by atoms with Gasteiger partial charge in [0, 0.05) is 19.2 Å². The van der Waals surface area contributed by atoms with Crippen LogP contribution in [0.3, 0.4) is 0 Å². The summed E-state index contributed by atoms with van der Waals surface area (Å²) in [6.45, 7) is 3.46. The van der Waals surface area contributed by atoms with Crippen molar-refractivity contribution in [1.82, 2.24) is 10.5 Å². The van der Waals surface area contributed by atoms with Gasteiger partial charge in [0.15, 0.2) is 0 Å². The van der Waals surface area contributed by atoms with Crippen LogP contribution in [0.5, 0.6) is 0 Å². The van der Waals surface area contributed by atoms with Crippen molar-refractivity contribution in [1.29, 1.82) is 0 Å². The Morgan fingerprint density at radius 3 is 2.63 bits per heavy atom. The number of hydrogen-bond donors (Lipinski definition) is 1. The van der Waals surface area contributed by atoms with Gasteiger partial charge in [-0.05, 0) is 29.3 Å². The second kappa shape index (κ2) is 5.24. The molecule has 0 amide bonds. The summed E-state index contributed by atoms with van der Waals surface area (Å²) in [7, 11) is 0. The van der Waals surface area contributed by atoms with Crippen molar-refractivity contribution >= 4 is 10.8 Å². The van der Waals surface area contributed by atoms with E-state index in [9.17, 15) is 0 Å². The zero-order chi connectivity index (χ0) is 13.1. The van der Waals surface area contributed by atoms with E-state index in [4.69, 9.17) is 4.52 Å². The molecule has 0 fully saturated rings. The smallest absolute Gasteiger partial charge is 0.133 e. The first-order chi connectivity index (χ1) is 9.31. The van der Waals surface area contributed by atoms with Gasteiger partial charge in [0.05, 0.1) is 5.69 Å². The third kappa shape index (κ3) is 2.83. The fourth-order valence-corrected chi connectivity index (χ4v) is 2.18. The van der Waals surface area contributed by atoms with Gasteiger partial charge in [0.25, 0.3) is 0 Å². The van der Waals surface area contributed by atoms with Gasteiger partial charge in [-0.3, -0.25) is 0 Å². The first kappa shape index (κ1) is 11.9. The van der Waals surface area contributed by atoms with Gasteiger partial charge in [-0.25, -0.2) is 0 Å². The molecule has 3 rings (SSSR count). The van der Waals surface area contributed by atoms with Crippen molar-refractivity contribution in [2.45, 2.75) is 20.0 Å². The molecule has 0 aliphatic rings. The molecule has 0 aliphatic heterocycles. The van der Waals surface area contributed by atoms with Gasteiger partial charge < -0.3 is 9.84 Å². The maximum Gasteiger partial charge on any atom is 0.133 e. The van der Waals surface area contributed by atoms with Gasteiger partial charge in [-0.15, -0.1) is 0 Å². The molecule has 1 aromatic heterocycles. The van der Waals surface area contributed by atoms with E-state index in [0.29, 0.717) is 0 Å². The average molecular weight is 252 g/mol. The molecule has 3 heteroatoms. The summed E-state index contributed by atoms with van der Waals surface area (Å²) in [5.41, 5.74) is 2.22. The molecule has 0 saturated carbocycles. The molecule has 1 N–H and O–H groups in total. The second-order valence-electron chi connectivity index (χ2n) is 4.71. The minimum atomic E-state index is 0.726. The van der Waals surface area contributed by atoms with Crippen LogP contribution in [0.25, 0.3) is 10.8 Å². The summed E-state index contributed by atoms with van der Waals surface area (Å²) < 4.78 is 5.03. The second-order valence-corrected chi connectivity index (χ2v) is 4.71. The molecule has 0 bridgehead atoms. The molecule has 0 saturated heterocycles. The Kier molecular flexibility index (Phi) is 3.29. The molecule has 3 nitrogen and oxygen atoms in total. The van der Waals surface area contributed by atoms with Crippen LogP contribution in [0.1, 0.15) is 17.0 Å². The predicted molar refractivity (Wildman–Crippen MR) is 75.7 cm³/mol. The number of fused-ring (bicyclic) bond motifs is 1. The van der Waals surface area contributed by atoms with Crippen molar-refractivity contribution in [2.75, 3.05) is 0 Å². The van der Waals surface area contributed by atoms with Crippen LogP contribution in [0.4, 0.5) is 0 Å². The van der Waals surface area contributed by atoms with E-state index in [1.54, 1.807) is 0 Å². The third-order valence-electron chi connectivity index (χ3n) is 3.13. The van der Waals surface area contributed by atoms with Crippen molar-refractivity contribution in [3.8, 4) is 0 Å². The summed E-state index contributed by atoms with van der Waals surface area (Å²) in [6.07, 6.45) is 0. The van der Waals surface area contributed by atoms with E-state index in [2.05, 4.69) is 52.9 Å². The van der Waals surface area contributed by atoms with Crippen LogP contribution in [-0.4, -0.2) is 5.16 Å². The first-order valence-electron chi connectivity index (χ1n) is 6.42. The molecule has 0 spiro atoms. The lowest BCUT2D eigenvalue weighted by atomic mass is 10.1. The van der Waals surface area contributed by atoms with Crippen molar-refractivity contribution in [2.24, 2.45) is 0 Å². The van der Waals surface area contributed by atoms with Gasteiger partial charge in [-0.2, -0.15) is 0 Å². The highest BCUT2D eigenvalue weighted by Gasteiger charge is 2.00. The fourth-order valence-electron chi connectivity index (χ4n) is 2.18. The predicted octanol–water partition coefficient (Wildman–Crippen LogP) is 3.43. The Hall–Kier alpha value is -2.13. The highest BCUT2D eigenvalue weighted by atomic mass is 16.5. The van der Waals surface area contributed by atoms with E-state index in [1.165, 1.54) is 16.3 Å². The number of hydrogen-bond acceptors (Lipinski definition) is 3. The quantitative estimate of drug-likeness (QED) is 0.773. The number of aryl methyl sites for hydroxylation is 1. The maximum atomic E-state index is 5.03. The Bertz CT molecular complexity index is 688. The van der Waals surface area contributed by atoms with Crippen LogP contribution in [0.15, 0.2) is 53.1 Å². The van der Waals surface area contributed by atoms with Crippen molar-refractivity contribution < 1.29 is 4.52 Å². The highest BCUT2D eigenvalue weighted by molar-refractivity contribution is 5.82. The fraction of sp³-hybridized carbons (Fsp3) is 0.188. The Balaban J connectivity index is 1.65. The summed E-state index contributed by atoms with van der Waals surface area (Å²) in [4.78, 5) is 0. The number of aromatic nitrogens is 1. The zero-order valence-corrected chi connectivity index (χ0v) is 10.9. The normalized spacial score (nSPS) is 11.0. The Labute approximate surface area is 112 Å². The monoisotopic (exact) mass is 252 g/mol. The van der Waals surface area contributed by atoms with Crippen LogP contribution in [-0.2, 0) is 13.1 Å². The minimum absolute atomic E-state index is 0.726. The van der Waals surface area contributed by atoms with Crippen LogP contribution >= 0.6 is 0 Å². The van der Waals surface area contributed by atoms with E-state index in [0.717, 1.165) is 24.5 Å². The molecular formula is C16H16N2O. The average Bonchev–Trinajstić information content (AvgIpc) is 2.84. The van der Waals surface area contributed by atoms with Crippen LogP contribution in [0, 0.1) is 6.92 Å². The van der Waals surface area contributed by atoms with Crippen molar-refractivity contribution in [3.05, 3.63) is 65.5 Å². The van der Waals surface area contributed by atoms with E-state index in [1.807, 2.05) is 13.0 Å². The summed E-state index contributed by atoms with van der Waals surface area (Å²) in [5, 5.41) is 9.89. The van der Waals surface area contributed by atoms with Crippen LogP contribution < -0.4 is 5.32 Å². The summed E-state index contributed by atoms with van der Waals surface area (Å²) >= 11 is 0. The number of nitrogens with one attached hydrogen (secondary N) is 1. The molecule has 0 unspecified atom stereocenters. The maximum absolute atomic E-state index is 5.03. The Morgan fingerprint density at radius 1 is 1.00 bits per heavy atom. The van der Waals surface area contributed by atoms with E-state index < -0.39 is 0 Å². The topological polar surface area (TPSA) is 38.1 Å². The number of rotatable bonds is 4. The molecule has 0 aliphatic carbocycles. The largest absolute Gasteiger partial charge is 0.361 e. The molecule has 1 heterocycles. The van der Waals surface area contributed by atoms with E-state index in [-0.39, 0.29) is 0 Å².